The topological polar surface area (TPSA) is 113 Å². The number of anilines is 2. The van der Waals surface area contributed by atoms with E-state index in [1.807, 2.05) is 30.3 Å². The largest absolute Gasteiger partial charge is 0.326 e. The molecule has 38 heavy (non-hydrogen) atoms. The second-order valence-electron chi connectivity index (χ2n) is 9.23. The molecule has 1 atom stereocenters. The number of piperidine rings is 1. The highest BCUT2D eigenvalue weighted by atomic mass is 79.9. The number of aryl methyl sites for hydroxylation is 1. The SMILES string of the molecule is O=C(Nc1ccc(S(=O)(=O)Nc2ccc(Br)cc2)cc1)[C@H]1CCCN(S(=O)(=O)CCCc2ccccc2)C1. The van der Waals surface area contributed by atoms with Crippen LogP contribution in [0.25, 0.3) is 0 Å². The number of hydrogen-bond donors (Lipinski definition) is 2. The minimum Gasteiger partial charge on any atom is -0.326 e. The molecule has 1 heterocycles. The molecular formula is C27H30BrN3O5S2. The maximum absolute atomic E-state index is 12.9. The fourth-order valence-electron chi connectivity index (χ4n) is 4.34. The van der Waals surface area contributed by atoms with Crippen LogP contribution in [0.15, 0.2) is 88.2 Å². The highest BCUT2D eigenvalue weighted by Gasteiger charge is 2.32. The van der Waals surface area contributed by atoms with Crippen LogP contribution in [-0.2, 0) is 31.3 Å². The van der Waals surface area contributed by atoms with Gasteiger partial charge in [0, 0.05) is 28.9 Å². The Morgan fingerprint density at radius 3 is 2.24 bits per heavy atom. The third-order valence-corrected chi connectivity index (χ3v) is 10.2. The highest BCUT2D eigenvalue weighted by molar-refractivity contribution is 9.10. The lowest BCUT2D eigenvalue weighted by atomic mass is 9.99. The average Bonchev–Trinajstić information content (AvgIpc) is 2.91. The van der Waals surface area contributed by atoms with Crippen LogP contribution in [0.2, 0.25) is 0 Å². The first kappa shape index (κ1) is 28.3. The second kappa shape index (κ2) is 12.4. The van der Waals surface area contributed by atoms with Crippen molar-refractivity contribution in [3.05, 3.63) is 88.9 Å². The van der Waals surface area contributed by atoms with E-state index in [0.717, 1.165) is 10.0 Å². The molecule has 4 rings (SSSR count). The van der Waals surface area contributed by atoms with Crippen molar-refractivity contribution in [2.45, 2.75) is 30.6 Å². The first-order valence-corrected chi connectivity index (χ1v) is 16.2. The van der Waals surface area contributed by atoms with Gasteiger partial charge in [-0.25, -0.2) is 21.1 Å². The van der Waals surface area contributed by atoms with Crippen LogP contribution < -0.4 is 10.0 Å². The number of benzene rings is 3. The summed E-state index contributed by atoms with van der Waals surface area (Å²) >= 11 is 3.31. The summed E-state index contributed by atoms with van der Waals surface area (Å²) in [7, 11) is -7.26. The Bertz CT molecular complexity index is 1450. The van der Waals surface area contributed by atoms with Gasteiger partial charge in [-0.1, -0.05) is 46.3 Å². The molecule has 3 aromatic carbocycles. The van der Waals surface area contributed by atoms with Crippen LogP contribution in [0.1, 0.15) is 24.8 Å². The monoisotopic (exact) mass is 619 g/mol. The summed E-state index contributed by atoms with van der Waals surface area (Å²) in [5.74, 6) is -0.714. The molecule has 0 aromatic heterocycles. The van der Waals surface area contributed by atoms with Crippen LogP contribution in [-0.4, -0.2) is 45.9 Å². The summed E-state index contributed by atoms with van der Waals surface area (Å²) in [4.78, 5) is 13.0. The standard InChI is InChI=1S/C27H30BrN3O5S2/c28-23-10-12-25(13-11-23)30-38(35,36)26-16-14-24(15-17-26)29-27(32)22-9-4-18-31(20-22)37(33,34)19-5-8-21-6-2-1-3-7-21/h1-3,6-7,10-17,22,30H,4-5,8-9,18-20H2,(H,29,32)/t22-/m0/s1. The first-order chi connectivity index (χ1) is 18.1. The number of carbonyl (C=O) groups is 1. The maximum Gasteiger partial charge on any atom is 0.261 e. The van der Waals surface area contributed by atoms with E-state index in [1.165, 1.54) is 28.6 Å². The third kappa shape index (κ3) is 7.66. The Kier molecular flexibility index (Phi) is 9.24. The number of amides is 1. The van der Waals surface area contributed by atoms with Gasteiger partial charge in [0.1, 0.15) is 0 Å². The van der Waals surface area contributed by atoms with E-state index in [1.54, 1.807) is 24.3 Å². The van der Waals surface area contributed by atoms with Crippen LogP contribution in [0.3, 0.4) is 0 Å². The van der Waals surface area contributed by atoms with Crippen LogP contribution in [0.4, 0.5) is 11.4 Å². The van der Waals surface area contributed by atoms with Crippen molar-refractivity contribution in [1.82, 2.24) is 4.31 Å². The van der Waals surface area contributed by atoms with Crippen LogP contribution in [0.5, 0.6) is 0 Å². The smallest absolute Gasteiger partial charge is 0.261 e. The Labute approximate surface area is 232 Å². The van der Waals surface area contributed by atoms with Gasteiger partial charge in [0.05, 0.1) is 16.6 Å². The number of rotatable bonds is 10. The molecule has 202 valence electrons. The van der Waals surface area contributed by atoms with Gasteiger partial charge in [-0.2, -0.15) is 0 Å². The molecule has 1 saturated heterocycles. The van der Waals surface area contributed by atoms with Crippen LogP contribution >= 0.6 is 15.9 Å². The molecule has 1 fully saturated rings. The van der Waals surface area contributed by atoms with Crippen molar-refractivity contribution < 1.29 is 21.6 Å². The maximum atomic E-state index is 12.9. The Hall–Kier alpha value is -2.73. The van der Waals surface area contributed by atoms with Gasteiger partial charge >= 0.3 is 0 Å². The lowest BCUT2D eigenvalue weighted by Crippen LogP contribution is -2.44. The van der Waals surface area contributed by atoms with Gasteiger partial charge in [0.15, 0.2) is 0 Å². The molecule has 2 N–H and O–H groups in total. The van der Waals surface area contributed by atoms with Crippen LogP contribution in [0, 0.1) is 5.92 Å². The summed E-state index contributed by atoms with van der Waals surface area (Å²) in [6, 6.07) is 22.4. The summed E-state index contributed by atoms with van der Waals surface area (Å²) < 4.78 is 56.0. The average molecular weight is 621 g/mol. The van der Waals surface area contributed by atoms with Crippen molar-refractivity contribution in [1.29, 1.82) is 0 Å². The molecular weight excluding hydrogens is 590 g/mol. The third-order valence-electron chi connectivity index (χ3n) is 6.39. The van der Waals surface area contributed by atoms with Gasteiger partial charge < -0.3 is 5.32 Å². The number of sulfonamides is 2. The minimum atomic E-state index is -3.79. The predicted octanol–water partition coefficient (Wildman–Crippen LogP) is 4.86. The summed E-state index contributed by atoms with van der Waals surface area (Å²) in [6.07, 6.45) is 2.40. The van der Waals surface area contributed by atoms with Crippen molar-refractivity contribution in [3.63, 3.8) is 0 Å². The Balaban J connectivity index is 1.31. The van der Waals surface area contributed by atoms with E-state index in [2.05, 4.69) is 26.0 Å². The summed E-state index contributed by atoms with van der Waals surface area (Å²) in [5.41, 5.74) is 1.98. The normalized spacial score (nSPS) is 16.6. The molecule has 0 unspecified atom stereocenters. The van der Waals surface area contributed by atoms with Gasteiger partial charge in [-0.15, -0.1) is 0 Å². The second-order valence-corrected chi connectivity index (χ2v) is 13.9. The molecule has 0 bridgehead atoms. The number of carbonyl (C=O) groups excluding carboxylic acids is 1. The zero-order valence-corrected chi connectivity index (χ0v) is 23.9. The number of nitrogens with zero attached hydrogens (tertiary/aromatic N) is 1. The fraction of sp³-hybridized carbons (Fsp3) is 0.296. The molecule has 0 aliphatic carbocycles. The van der Waals surface area contributed by atoms with Crippen molar-refractivity contribution in [2.24, 2.45) is 5.92 Å². The Morgan fingerprint density at radius 1 is 0.895 bits per heavy atom. The lowest BCUT2D eigenvalue weighted by Gasteiger charge is -2.31. The molecule has 3 aromatic rings. The molecule has 1 amide bonds. The molecule has 0 saturated carbocycles. The van der Waals surface area contributed by atoms with Gasteiger partial charge in [-0.05, 0) is 79.8 Å². The van der Waals surface area contributed by atoms with Crippen molar-refractivity contribution in [2.75, 3.05) is 28.9 Å². The van der Waals surface area contributed by atoms with Gasteiger partial charge in [0.25, 0.3) is 10.0 Å². The summed E-state index contributed by atoms with van der Waals surface area (Å²) in [5, 5.41) is 2.80. The summed E-state index contributed by atoms with van der Waals surface area (Å²) in [6.45, 7) is 0.554. The zero-order chi connectivity index (χ0) is 27.2. The van der Waals surface area contributed by atoms with E-state index in [9.17, 15) is 21.6 Å². The molecule has 0 radical (unpaired) electrons. The number of halogens is 1. The lowest BCUT2D eigenvalue weighted by molar-refractivity contribution is -0.120. The predicted molar refractivity (Wildman–Crippen MR) is 153 cm³/mol. The van der Waals surface area contributed by atoms with E-state index in [-0.39, 0.29) is 23.1 Å². The molecule has 11 heteroatoms. The zero-order valence-electron chi connectivity index (χ0n) is 20.7. The molecule has 1 aliphatic rings. The van der Waals surface area contributed by atoms with Crippen molar-refractivity contribution in [3.8, 4) is 0 Å². The molecule has 0 spiro atoms. The van der Waals surface area contributed by atoms with Gasteiger partial charge in [0.2, 0.25) is 15.9 Å². The number of hydrogen-bond acceptors (Lipinski definition) is 5. The molecule has 1 aliphatic heterocycles. The van der Waals surface area contributed by atoms with Crippen molar-refractivity contribution >= 4 is 53.3 Å². The highest BCUT2D eigenvalue weighted by Crippen LogP contribution is 2.24. The van der Waals surface area contributed by atoms with E-state index < -0.39 is 26.0 Å². The van der Waals surface area contributed by atoms with E-state index in [4.69, 9.17) is 0 Å². The molecule has 8 nitrogen and oxygen atoms in total. The van der Waals surface area contributed by atoms with Gasteiger partial charge in [-0.3, -0.25) is 9.52 Å². The number of nitrogens with one attached hydrogen (secondary N) is 2. The minimum absolute atomic E-state index is 0.0421. The Morgan fingerprint density at radius 2 is 1.55 bits per heavy atom. The van der Waals surface area contributed by atoms with E-state index in [0.29, 0.717) is 43.6 Å². The first-order valence-electron chi connectivity index (χ1n) is 12.3. The quantitative estimate of drug-likeness (QED) is 0.336. The van der Waals surface area contributed by atoms with E-state index >= 15 is 0 Å². The fourth-order valence-corrected chi connectivity index (χ4v) is 7.24.